The predicted molar refractivity (Wildman–Crippen MR) is 97.1 cm³/mol. The molecule has 0 aliphatic rings. The smallest absolute Gasteiger partial charge is 0.272 e. The van der Waals surface area contributed by atoms with Crippen LogP contribution in [0, 0.1) is 0 Å². The number of hydrogen-bond acceptors (Lipinski definition) is 8. The maximum absolute atomic E-state index is 12.3. The largest absolute Gasteiger partial charge is 0.497 e. The minimum atomic E-state index is -3.69. The maximum Gasteiger partial charge on any atom is 0.272 e. The number of nitrogens with zero attached hydrogens (tertiary/aromatic N) is 3. The highest BCUT2D eigenvalue weighted by Crippen LogP contribution is 2.23. The molecule has 0 fully saturated rings. The van der Waals surface area contributed by atoms with Gasteiger partial charge in [-0.05, 0) is 24.3 Å². The van der Waals surface area contributed by atoms with Crippen molar-refractivity contribution in [1.29, 1.82) is 0 Å². The summed E-state index contributed by atoms with van der Waals surface area (Å²) in [6.45, 7) is 3.89. The van der Waals surface area contributed by atoms with Gasteiger partial charge in [-0.3, -0.25) is 10.1 Å². The van der Waals surface area contributed by atoms with E-state index in [1.165, 1.54) is 4.31 Å². The van der Waals surface area contributed by atoms with Gasteiger partial charge in [0.15, 0.2) is 6.61 Å². The molecule has 0 saturated heterocycles. The van der Waals surface area contributed by atoms with Gasteiger partial charge in [-0.2, -0.15) is 4.31 Å². The van der Waals surface area contributed by atoms with Crippen LogP contribution in [0.1, 0.15) is 13.8 Å². The van der Waals surface area contributed by atoms with Gasteiger partial charge >= 0.3 is 0 Å². The molecule has 0 unspecified atom stereocenters. The summed E-state index contributed by atoms with van der Waals surface area (Å²) >= 11 is 0.798. The van der Waals surface area contributed by atoms with Gasteiger partial charge in [0.1, 0.15) is 11.5 Å². The molecular weight excluding hydrogens is 380 g/mol. The van der Waals surface area contributed by atoms with Crippen LogP contribution in [-0.2, 0) is 14.8 Å². The molecule has 0 aliphatic carbocycles. The Morgan fingerprint density at radius 2 is 1.77 bits per heavy atom. The van der Waals surface area contributed by atoms with Crippen molar-refractivity contribution in [1.82, 2.24) is 14.5 Å². The van der Waals surface area contributed by atoms with Crippen LogP contribution in [0.3, 0.4) is 0 Å². The van der Waals surface area contributed by atoms with E-state index in [0.29, 0.717) is 24.6 Å². The summed E-state index contributed by atoms with van der Waals surface area (Å²) in [6.07, 6.45) is 0. The number of benzene rings is 1. The summed E-state index contributed by atoms with van der Waals surface area (Å²) in [4.78, 5) is 11.9. The Balaban J connectivity index is 1.94. The summed E-state index contributed by atoms with van der Waals surface area (Å²) in [5, 5.41) is 9.95. The van der Waals surface area contributed by atoms with Crippen molar-refractivity contribution in [3.05, 3.63) is 24.3 Å². The van der Waals surface area contributed by atoms with E-state index in [0.717, 1.165) is 11.3 Å². The highest BCUT2D eigenvalue weighted by Gasteiger charge is 2.26. The van der Waals surface area contributed by atoms with E-state index in [1.807, 2.05) is 0 Å². The van der Waals surface area contributed by atoms with Crippen molar-refractivity contribution < 1.29 is 22.7 Å². The summed E-state index contributed by atoms with van der Waals surface area (Å²) in [5.74, 6) is 0.712. The van der Waals surface area contributed by atoms with Gasteiger partial charge in [-0.25, -0.2) is 8.42 Å². The molecule has 0 spiro atoms. The first-order valence-corrected chi connectivity index (χ1v) is 10.1. The monoisotopic (exact) mass is 400 g/mol. The maximum atomic E-state index is 12.3. The molecule has 11 heteroatoms. The van der Waals surface area contributed by atoms with Crippen LogP contribution in [-0.4, -0.2) is 55.6 Å². The molecule has 1 aromatic carbocycles. The average molecular weight is 400 g/mol. The van der Waals surface area contributed by atoms with Gasteiger partial charge in [0.05, 0.1) is 7.11 Å². The number of hydrogen-bond donors (Lipinski definition) is 1. The molecule has 1 amide bonds. The molecule has 0 bridgehead atoms. The normalized spacial score (nSPS) is 11.4. The number of ether oxygens (including phenoxy) is 2. The number of carbonyl (C=O) groups excluding carboxylic acids is 1. The standard InChI is InChI=1S/C15H20N4O5S2/c1-4-19(5-2)26(21,22)15-18-17-14(25-15)16-13(20)10-24-12-8-6-11(23-3)7-9-12/h6-9H,4-5,10H2,1-3H3,(H,16,17,20). The SMILES string of the molecule is CCN(CC)S(=O)(=O)c1nnc(NC(=O)COc2ccc(OC)cc2)s1. The van der Waals surface area contributed by atoms with Crippen LogP contribution >= 0.6 is 11.3 Å². The molecule has 142 valence electrons. The molecule has 0 atom stereocenters. The van der Waals surface area contributed by atoms with Crippen molar-refractivity contribution in [2.24, 2.45) is 0 Å². The number of rotatable bonds is 9. The molecule has 2 rings (SSSR count). The number of methoxy groups -OCH3 is 1. The lowest BCUT2D eigenvalue weighted by atomic mass is 10.3. The molecule has 0 aliphatic heterocycles. The fourth-order valence-electron chi connectivity index (χ4n) is 2.01. The number of amides is 1. The summed E-state index contributed by atoms with van der Waals surface area (Å²) in [7, 11) is -2.14. The molecule has 26 heavy (non-hydrogen) atoms. The fraction of sp³-hybridized carbons (Fsp3) is 0.400. The number of aromatic nitrogens is 2. The Kier molecular flexibility index (Phi) is 6.89. The Morgan fingerprint density at radius 3 is 2.35 bits per heavy atom. The van der Waals surface area contributed by atoms with Gasteiger partial charge in [0, 0.05) is 13.1 Å². The number of carbonyl (C=O) groups is 1. The van der Waals surface area contributed by atoms with Crippen molar-refractivity contribution in [3.63, 3.8) is 0 Å². The van der Waals surface area contributed by atoms with Crippen molar-refractivity contribution >= 4 is 32.4 Å². The van der Waals surface area contributed by atoms with E-state index >= 15 is 0 Å². The van der Waals surface area contributed by atoms with Gasteiger partial charge in [0.25, 0.3) is 15.9 Å². The second kappa shape index (κ2) is 8.92. The summed E-state index contributed by atoms with van der Waals surface area (Å²) in [5.41, 5.74) is 0. The highest BCUT2D eigenvalue weighted by molar-refractivity contribution is 7.91. The van der Waals surface area contributed by atoms with Crippen LogP contribution < -0.4 is 14.8 Å². The average Bonchev–Trinajstić information content (AvgIpc) is 3.10. The second-order valence-corrected chi connectivity index (χ2v) is 8.06. The molecule has 2 aromatic rings. The molecule has 1 aromatic heterocycles. The van der Waals surface area contributed by atoms with Crippen LogP contribution in [0.4, 0.5) is 5.13 Å². The lowest BCUT2D eigenvalue weighted by Crippen LogP contribution is -2.30. The minimum Gasteiger partial charge on any atom is -0.497 e. The van der Waals surface area contributed by atoms with Gasteiger partial charge in [-0.1, -0.05) is 25.2 Å². The third-order valence-corrected chi connectivity index (χ3v) is 6.58. The van der Waals surface area contributed by atoms with E-state index in [9.17, 15) is 13.2 Å². The lowest BCUT2D eigenvalue weighted by Gasteiger charge is -2.15. The van der Waals surface area contributed by atoms with Crippen molar-refractivity contribution in [3.8, 4) is 11.5 Å². The second-order valence-electron chi connectivity index (χ2n) is 4.97. The number of anilines is 1. The molecule has 0 saturated carbocycles. The van der Waals surface area contributed by atoms with E-state index < -0.39 is 15.9 Å². The zero-order valence-electron chi connectivity index (χ0n) is 14.6. The van der Waals surface area contributed by atoms with E-state index in [2.05, 4.69) is 15.5 Å². The Hall–Kier alpha value is -2.24. The Morgan fingerprint density at radius 1 is 1.15 bits per heavy atom. The van der Waals surface area contributed by atoms with Crippen LogP contribution in [0.5, 0.6) is 11.5 Å². The Labute approximate surface area is 156 Å². The van der Waals surface area contributed by atoms with Crippen molar-refractivity contribution in [2.45, 2.75) is 18.2 Å². The first-order chi connectivity index (χ1) is 12.4. The summed E-state index contributed by atoms with van der Waals surface area (Å²) < 4.78 is 36.2. The zero-order chi connectivity index (χ0) is 19.2. The number of nitrogens with one attached hydrogen (secondary N) is 1. The van der Waals surface area contributed by atoms with E-state index in [4.69, 9.17) is 9.47 Å². The quantitative estimate of drug-likeness (QED) is 0.636. The Bertz CT molecular complexity index is 832. The zero-order valence-corrected chi connectivity index (χ0v) is 16.3. The molecule has 9 nitrogen and oxygen atoms in total. The van der Waals surface area contributed by atoms with Crippen LogP contribution in [0.25, 0.3) is 0 Å². The molecule has 1 N–H and O–H groups in total. The fourth-order valence-corrected chi connectivity index (χ4v) is 4.53. The molecule has 1 heterocycles. The minimum absolute atomic E-state index is 0.0964. The van der Waals surface area contributed by atoms with Gasteiger partial charge in [0.2, 0.25) is 9.47 Å². The number of sulfonamides is 1. The van der Waals surface area contributed by atoms with Crippen molar-refractivity contribution in [2.75, 3.05) is 32.1 Å². The predicted octanol–water partition coefficient (Wildman–Crippen LogP) is 1.59. The van der Waals surface area contributed by atoms with Gasteiger partial charge in [-0.15, -0.1) is 10.2 Å². The molecular formula is C15H20N4O5S2. The first kappa shape index (κ1) is 20.1. The third kappa shape index (κ3) is 4.90. The third-order valence-electron chi connectivity index (χ3n) is 3.35. The summed E-state index contributed by atoms with van der Waals surface area (Å²) in [6, 6.07) is 6.77. The van der Waals surface area contributed by atoms with E-state index in [-0.39, 0.29) is 16.1 Å². The first-order valence-electron chi connectivity index (χ1n) is 7.81. The van der Waals surface area contributed by atoms with E-state index in [1.54, 1.807) is 45.2 Å². The van der Waals surface area contributed by atoms with Crippen LogP contribution in [0.15, 0.2) is 28.6 Å². The topological polar surface area (TPSA) is 111 Å². The molecule has 0 radical (unpaired) electrons. The van der Waals surface area contributed by atoms with Crippen LogP contribution in [0.2, 0.25) is 0 Å². The van der Waals surface area contributed by atoms with Gasteiger partial charge < -0.3 is 9.47 Å². The highest BCUT2D eigenvalue weighted by atomic mass is 32.2. The lowest BCUT2D eigenvalue weighted by molar-refractivity contribution is -0.118.